The number of benzene rings is 1. The number of anilines is 1. The minimum atomic E-state index is -3.28. The average molecular weight is 376 g/mol. The molecule has 1 aromatic rings. The molecule has 0 aliphatic heterocycles. The molecule has 0 saturated heterocycles. The van der Waals surface area contributed by atoms with Crippen molar-refractivity contribution in [2.75, 3.05) is 11.0 Å². The third-order valence-corrected chi connectivity index (χ3v) is 4.90. The van der Waals surface area contributed by atoms with Crippen LogP contribution in [0.15, 0.2) is 24.3 Å². The second-order valence-electron chi connectivity index (χ2n) is 6.59. The predicted octanol–water partition coefficient (Wildman–Crippen LogP) is 2.00. The Morgan fingerprint density at radius 3 is 2.46 bits per heavy atom. The Balaban J connectivity index is 0.00000288. The van der Waals surface area contributed by atoms with E-state index in [1.807, 2.05) is 6.92 Å². The summed E-state index contributed by atoms with van der Waals surface area (Å²) < 4.78 is 24.7. The number of amides is 1. The van der Waals surface area contributed by atoms with Gasteiger partial charge in [0.2, 0.25) is 15.9 Å². The highest BCUT2D eigenvalue weighted by Gasteiger charge is 2.37. The van der Waals surface area contributed by atoms with Gasteiger partial charge in [-0.05, 0) is 37.5 Å². The van der Waals surface area contributed by atoms with Crippen molar-refractivity contribution in [3.8, 4) is 0 Å². The van der Waals surface area contributed by atoms with Gasteiger partial charge < -0.3 is 11.1 Å². The van der Waals surface area contributed by atoms with Crippen molar-refractivity contribution in [1.82, 2.24) is 5.32 Å². The van der Waals surface area contributed by atoms with E-state index >= 15 is 0 Å². The Labute approximate surface area is 150 Å². The van der Waals surface area contributed by atoms with Crippen LogP contribution in [0.3, 0.4) is 0 Å². The van der Waals surface area contributed by atoms with E-state index in [1.54, 1.807) is 24.3 Å². The number of rotatable bonds is 5. The van der Waals surface area contributed by atoms with Crippen LogP contribution in [0.2, 0.25) is 0 Å². The lowest BCUT2D eigenvalue weighted by atomic mass is 9.74. The maximum absolute atomic E-state index is 12.4. The average Bonchev–Trinajstić information content (AvgIpc) is 2.44. The Kier molecular flexibility index (Phi) is 7.07. The fourth-order valence-corrected chi connectivity index (χ4v) is 3.57. The first kappa shape index (κ1) is 20.7. The van der Waals surface area contributed by atoms with Crippen LogP contribution in [0.1, 0.15) is 38.2 Å². The third-order valence-electron chi connectivity index (χ3n) is 4.29. The van der Waals surface area contributed by atoms with Gasteiger partial charge in [0.15, 0.2) is 0 Å². The number of carbonyl (C=O) groups is 1. The van der Waals surface area contributed by atoms with Crippen LogP contribution in [0.4, 0.5) is 5.69 Å². The zero-order chi connectivity index (χ0) is 17.1. The molecule has 2 rings (SSSR count). The summed E-state index contributed by atoms with van der Waals surface area (Å²) in [6.45, 7) is 2.35. The quantitative estimate of drug-likeness (QED) is 0.732. The molecular weight excluding hydrogens is 350 g/mol. The van der Waals surface area contributed by atoms with Gasteiger partial charge in [0.1, 0.15) is 0 Å². The molecule has 1 aliphatic rings. The molecule has 1 saturated carbocycles. The second kappa shape index (κ2) is 8.18. The lowest BCUT2D eigenvalue weighted by Crippen LogP contribution is -2.52. The van der Waals surface area contributed by atoms with Crippen LogP contribution in [-0.4, -0.2) is 26.1 Å². The second-order valence-corrected chi connectivity index (χ2v) is 8.34. The molecule has 0 spiro atoms. The molecule has 24 heavy (non-hydrogen) atoms. The van der Waals surface area contributed by atoms with Gasteiger partial charge in [0, 0.05) is 17.8 Å². The summed E-state index contributed by atoms with van der Waals surface area (Å²) >= 11 is 0. The zero-order valence-electron chi connectivity index (χ0n) is 14.0. The number of carbonyl (C=O) groups excluding carboxylic acids is 1. The van der Waals surface area contributed by atoms with Crippen molar-refractivity contribution in [1.29, 1.82) is 0 Å². The van der Waals surface area contributed by atoms with Crippen LogP contribution in [0.5, 0.6) is 0 Å². The lowest BCUT2D eigenvalue weighted by Gasteiger charge is -2.37. The molecule has 136 valence electrons. The molecule has 0 radical (unpaired) electrons. The molecule has 1 aromatic carbocycles. The number of hydrogen-bond acceptors (Lipinski definition) is 4. The van der Waals surface area contributed by atoms with Gasteiger partial charge in [-0.25, -0.2) is 8.42 Å². The largest absolute Gasteiger partial charge is 0.352 e. The van der Waals surface area contributed by atoms with Gasteiger partial charge in [0.25, 0.3) is 0 Å². The number of halogens is 1. The summed E-state index contributed by atoms with van der Waals surface area (Å²) in [5, 5.41) is 2.93. The summed E-state index contributed by atoms with van der Waals surface area (Å²) in [5.41, 5.74) is 7.22. The SMILES string of the molecule is CC1(N)CCCCC1C(=O)NCc1ccc(NS(C)(=O)=O)cc1.Cl. The Bertz CT molecular complexity index is 660. The highest BCUT2D eigenvalue weighted by atomic mass is 35.5. The summed E-state index contributed by atoms with van der Waals surface area (Å²) in [6, 6.07) is 6.93. The highest BCUT2D eigenvalue weighted by molar-refractivity contribution is 7.92. The van der Waals surface area contributed by atoms with E-state index in [1.165, 1.54) is 0 Å². The maximum Gasteiger partial charge on any atom is 0.229 e. The first-order valence-electron chi connectivity index (χ1n) is 7.81. The molecule has 4 N–H and O–H groups in total. The normalized spacial score (nSPS) is 23.9. The molecule has 1 aliphatic carbocycles. The third kappa shape index (κ3) is 5.96. The van der Waals surface area contributed by atoms with Gasteiger partial charge in [-0.2, -0.15) is 0 Å². The molecule has 1 amide bonds. The number of hydrogen-bond donors (Lipinski definition) is 3. The van der Waals surface area contributed by atoms with E-state index in [9.17, 15) is 13.2 Å². The zero-order valence-corrected chi connectivity index (χ0v) is 15.7. The van der Waals surface area contributed by atoms with E-state index in [0.29, 0.717) is 12.2 Å². The van der Waals surface area contributed by atoms with Gasteiger partial charge in [0.05, 0.1) is 12.2 Å². The smallest absolute Gasteiger partial charge is 0.229 e. The van der Waals surface area contributed by atoms with Gasteiger partial charge in [-0.15, -0.1) is 12.4 Å². The molecule has 1 fully saturated rings. The van der Waals surface area contributed by atoms with Crippen LogP contribution < -0.4 is 15.8 Å². The van der Waals surface area contributed by atoms with Crippen molar-refractivity contribution >= 4 is 34.0 Å². The van der Waals surface area contributed by atoms with E-state index < -0.39 is 15.6 Å². The molecule has 0 bridgehead atoms. The van der Waals surface area contributed by atoms with Crippen molar-refractivity contribution in [3.63, 3.8) is 0 Å². The van der Waals surface area contributed by atoms with Crippen LogP contribution in [0.25, 0.3) is 0 Å². The summed E-state index contributed by atoms with van der Waals surface area (Å²) in [5.74, 6) is -0.157. The molecule has 8 heteroatoms. The number of nitrogens with one attached hydrogen (secondary N) is 2. The summed E-state index contributed by atoms with van der Waals surface area (Å²) in [7, 11) is -3.28. The standard InChI is InChI=1S/C16H25N3O3S.ClH/c1-16(17)10-4-3-5-14(16)15(20)18-11-12-6-8-13(9-7-12)19-23(2,21)22;/h6-9,14,19H,3-5,10-11,17H2,1-2H3,(H,18,20);1H. The van der Waals surface area contributed by atoms with E-state index in [2.05, 4.69) is 10.0 Å². The van der Waals surface area contributed by atoms with E-state index in [-0.39, 0.29) is 24.2 Å². The Morgan fingerprint density at radius 2 is 1.92 bits per heavy atom. The molecule has 6 nitrogen and oxygen atoms in total. The first-order valence-corrected chi connectivity index (χ1v) is 9.70. The number of sulfonamides is 1. The van der Waals surface area contributed by atoms with E-state index in [0.717, 1.165) is 37.5 Å². The predicted molar refractivity (Wildman–Crippen MR) is 98.6 cm³/mol. The molecule has 2 atom stereocenters. The summed E-state index contributed by atoms with van der Waals surface area (Å²) in [4.78, 5) is 12.4. The highest BCUT2D eigenvalue weighted by Crippen LogP contribution is 2.31. The van der Waals surface area contributed by atoms with Gasteiger partial charge >= 0.3 is 0 Å². The van der Waals surface area contributed by atoms with Gasteiger partial charge in [-0.1, -0.05) is 25.0 Å². The lowest BCUT2D eigenvalue weighted by molar-refractivity contribution is -0.128. The van der Waals surface area contributed by atoms with Crippen molar-refractivity contribution in [2.45, 2.75) is 44.7 Å². The Hall–Kier alpha value is -1.31. The van der Waals surface area contributed by atoms with Crippen LogP contribution >= 0.6 is 12.4 Å². The minimum absolute atomic E-state index is 0. The van der Waals surface area contributed by atoms with Crippen LogP contribution in [0, 0.1) is 5.92 Å². The Morgan fingerprint density at radius 1 is 1.29 bits per heavy atom. The maximum atomic E-state index is 12.4. The fourth-order valence-electron chi connectivity index (χ4n) is 3.01. The topological polar surface area (TPSA) is 101 Å². The number of nitrogens with two attached hydrogens (primary N) is 1. The van der Waals surface area contributed by atoms with Gasteiger partial charge in [-0.3, -0.25) is 9.52 Å². The van der Waals surface area contributed by atoms with E-state index in [4.69, 9.17) is 5.73 Å². The molecule has 2 unspecified atom stereocenters. The minimum Gasteiger partial charge on any atom is -0.352 e. The van der Waals surface area contributed by atoms with Crippen molar-refractivity contribution < 1.29 is 13.2 Å². The molecule has 0 heterocycles. The summed E-state index contributed by atoms with van der Waals surface area (Å²) in [6.07, 6.45) is 4.92. The first-order chi connectivity index (χ1) is 10.7. The van der Waals surface area contributed by atoms with Crippen molar-refractivity contribution in [2.24, 2.45) is 11.7 Å². The monoisotopic (exact) mass is 375 g/mol. The molecular formula is C16H26ClN3O3S. The fraction of sp³-hybridized carbons (Fsp3) is 0.562. The van der Waals surface area contributed by atoms with Crippen molar-refractivity contribution in [3.05, 3.63) is 29.8 Å². The molecule has 0 aromatic heterocycles. The van der Waals surface area contributed by atoms with Crippen LogP contribution in [-0.2, 0) is 21.4 Å².